The number of hydrogen-bond donors (Lipinski definition) is 1. The molecule has 1 aliphatic heterocycles. The first-order chi connectivity index (χ1) is 7.81. The molecule has 1 fully saturated rings. The topological polar surface area (TPSA) is 29.1 Å². The predicted molar refractivity (Wildman–Crippen MR) is 68.1 cm³/mol. The summed E-state index contributed by atoms with van der Waals surface area (Å²) in [7, 11) is 0. The van der Waals surface area contributed by atoms with Gasteiger partial charge >= 0.3 is 0 Å². The van der Waals surface area contributed by atoms with E-state index in [1.807, 2.05) is 30.5 Å². The molecule has 0 spiro atoms. The first-order valence-corrected chi connectivity index (χ1v) is 6.92. The number of rotatable bonds is 3. The van der Waals surface area contributed by atoms with Gasteiger partial charge in [-0.3, -0.25) is 4.79 Å². The van der Waals surface area contributed by atoms with Gasteiger partial charge in [-0.1, -0.05) is 12.1 Å². The third-order valence-corrected chi connectivity index (χ3v) is 3.83. The molecule has 0 unspecified atom stereocenters. The number of piperidine rings is 1. The highest BCUT2D eigenvalue weighted by Crippen LogP contribution is 2.20. The van der Waals surface area contributed by atoms with Gasteiger partial charge in [0.15, 0.2) is 5.78 Å². The number of nitrogens with one attached hydrogen (secondary N) is 1. The van der Waals surface area contributed by atoms with Crippen molar-refractivity contribution >= 4 is 17.5 Å². The number of carbonyl (C=O) groups is 1. The molecular formula is C13H17NOS. The average Bonchev–Trinajstić information content (AvgIpc) is 2.39. The monoisotopic (exact) mass is 235 g/mol. The maximum Gasteiger partial charge on any atom is 0.166 e. The molecule has 0 aromatic heterocycles. The van der Waals surface area contributed by atoms with E-state index in [2.05, 4.69) is 5.32 Å². The quantitative estimate of drug-likeness (QED) is 0.645. The van der Waals surface area contributed by atoms with Gasteiger partial charge < -0.3 is 5.32 Å². The molecule has 0 amide bonds. The zero-order valence-electron chi connectivity index (χ0n) is 9.53. The van der Waals surface area contributed by atoms with Crippen molar-refractivity contribution < 1.29 is 4.79 Å². The second-order valence-electron chi connectivity index (χ2n) is 4.12. The minimum Gasteiger partial charge on any atom is -0.317 e. The lowest BCUT2D eigenvalue weighted by molar-refractivity contribution is 0.0895. The Kier molecular flexibility index (Phi) is 4.02. The van der Waals surface area contributed by atoms with Gasteiger partial charge in [0.05, 0.1) is 0 Å². The molecule has 1 aromatic rings. The van der Waals surface area contributed by atoms with Crippen LogP contribution in [0.3, 0.4) is 0 Å². The van der Waals surface area contributed by atoms with Gasteiger partial charge in [0, 0.05) is 16.4 Å². The zero-order valence-corrected chi connectivity index (χ0v) is 10.3. The van der Waals surface area contributed by atoms with Crippen molar-refractivity contribution in [3.05, 3.63) is 29.8 Å². The molecule has 86 valence electrons. The van der Waals surface area contributed by atoms with Crippen molar-refractivity contribution in [3.63, 3.8) is 0 Å². The van der Waals surface area contributed by atoms with Gasteiger partial charge in [0.2, 0.25) is 0 Å². The van der Waals surface area contributed by atoms with E-state index in [0.29, 0.717) is 5.78 Å². The summed E-state index contributed by atoms with van der Waals surface area (Å²) in [5, 5.41) is 3.28. The molecule has 2 nitrogen and oxygen atoms in total. The van der Waals surface area contributed by atoms with Gasteiger partial charge in [-0.15, -0.1) is 11.8 Å². The zero-order chi connectivity index (χ0) is 11.4. The van der Waals surface area contributed by atoms with E-state index in [1.165, 1.54) is 4.90 Å². The third-order valence-electron chi connectivity index (χ3n) is 3.08. The summed E-state index contributed by atoms with van der Waals surface area (Å²) in [5.41, 5.74) is 0.865. The summed E-state index contributed by atoms with van der Waals surface area (Å²) in [6, 6.07) is 7.96. The van der Waals surface area contributed by atoms with Crippen molar-refractivity contribution in [1.29, 1.82) is 0 Å². The van der Waals surface area contributed by atoms with Crippen molar-refractivity contribution in [1.82, 2.24) is 5.32 Å². The highest BCUT2D eigenvalue weighted by molar-refractivity contribution is 7.98. The fourth-order valence-corrected chi connectivity index (χ4v) is 2.48. The second kappa shape index (κ2) is 5.51. The van der Waals surface area contributed by atoms with Gasteiger partial charge in [-0.2, -0.15) is 0 Å². The van der Waals surface area contributed by atoms with E-state index in [1.54, 1.807) is 11.8 Å². The Morgan fingerprint density at radius 2 is 1.88 bits per heavy atom. The van der Waals surface area contributed by atoms with Crippen LogP contribution in [0.15, 0.2) is 29.2 Å². The Morgan fingerprint density at radius 1 is 1.25 bits per heavy atom. The van der Waals surface area contributed by atoms with Crippen LogP contribution in [0.2, 0.25) is 0 Å². The van der Waals surface area contributed by atoms with E-state index in [0.717, 1.165) is 31.5 Å². The molecule has 0 atom stereocenters. The van der Waals surface area contributed by atoms with Crippen molar-refractivity contribution in [2.24, 2.45) is 5.92 Å². The molecule has 1 heterocycles. The number of thioether (sulfide) groups is 1. The van der Waals surface area contributed by atoms with E-state index in [9.17, 15) is 4.79 Å². The number of ketones is 1. The maximum absolute atomic E-state index is 12.2. The van der Waals surface area contributed by atoms with Crippen LogP contribution in [-0.4, -0.2) is 25.1 Å². The lowest BCUT2D eigenvalue weighted by Gasteiger charge is -2.21. The normalized spacial score (nSPS) is 17.3. The molecule has 1 saturated heterocycles. The second-order valence-corrected chi connectivity index (χ2v) is 5.00. The van der Waals surface area contributed by atoms with E-state index in [-0.39, 0.29) is 5.92 Å². The van der Waals surface area contributed by atoms with Crippen molar-refractivity contribution in [2.45, 2.75) is 17.7 Å². The maximum atomic E-state index is 12.2. The Labute approximate surface area is 101 Å². The third kappa shape index (κ3) is 2.66. The molecule has 16 heavy (non-hydrogen) atoms. The smallest absolute Gasteiger partial charge is 0.166 e. The summed E-state index contributed by atoms with van der Waals surface area (Å²) < 4.78 is 0. The molecule has 3 heteroatoms. The molecule has 2 rings (SSSR count). The molecule has 1 aliphatic rings. The molecule has 0 aliphatic carbocycles. The largest absolute Gasteiger partial charge is 0.317 e. The van der Waals surface area contributed by atoms with Crippen LogP contribution in [0.25, 0.3) is 0 Å². The number of Topliss-reactive ketones (excluding diaryl/α,β-unsaturated/α-hetero) is 1. The number of benzene rings is 1. The van der Waals surface area contributed by atoms with Gasteiger partial charge in [0.25, 0.3) is 0 Å². The minimum atomic E-state index is 0.223. The Bertz CT molecular complexity index is 355. The van der Waals surface area contributed by atoms with Gasteiger partial charge in [-0.25, -0.2) is 0 Å². The van der Waals surface area contributed by atoms with E-state index >= 15 is 0 Å². The Balaban J connectivity index is 2.07. The first kappa shape index (κ1) is 11.7. The number of carbonyl (C=O) groups excluding carboxylic acids is 1. The lowest BCUT2D eigenvalue weighted by atomic mass is 9.90. The van der Waals surface area contributed by atoms with Crippen molar-refractivity contribution in [2.75, 3.05) is 19.3 Å². The summed E-state index contributed by atoms with van der Waals surface area (Å²) in [4.78, 5) is 13.4. The first-order valence-electron chi connectivity index (χ1n) is 5.70. The van der Waals surface area contributed by atoms with Crippen LogP contribution in [0, 0.1) is 5.92 Å². The Morgan fingerprint density at radius 3 is 2.44 bits per heavy atom. The standard InChI is InChI=1S/C13H17NOS/c1-16-12-4-2-10(3-5-12)13(15)11-6-8-14-9-7-11/h2-5,11,14H,6-9H2,1H3. The molecule has 0 radical (unpaired) electrons. The predicted octanol–water partition coefficient (Wildman–Crippen LogP) is 2.59. The SMILES string of the molecule is CSc1ccc(C(=O)C2CCNCC2)cc1. The van der Waals surface area contributed by atoms with Crippen LogP contribution in [0.4, 0.5) is 0 Å². The van der Waals surface area contributed by atoms with Gasteiger partial charge in [0.1, 0.15) is 0 Å². The summed E-state index contributed by atoms with van der Waals surface area (Å²) in [6.45, 7) is 1.94. The molecule has 1 N–H and O–H groups in total. The van der Waals surface area contributed by atoms with Crippen LogP contribution < -0.4 is 5.32 Å². The Hall–Kier alpha value is -0.800. The van der Waals surface area contributed by atoms with Crippen LogP contribution >= 0.6 is 11.8 Å². The lowest BCUT2D eigenvalue weighted by Crippen LogP contribution is -2.31. The fraction of sp³-hybridized carbons (Fsp3) is 0.462. The molecule has 1 aromatic carbocycles. The molecular weight excluding hydrogens is 218 g/mol. The van der Waals surface area contributed by atoms with E-state index in [4.69, 9.17) is 0 Å². The number of hydrogen-bond acceptors (Lipinski definition) is 3. The van der Waals surface area contributed by atoms with Crippen LogP contribution in [0.5, 0.6) is 0 Å². The van der Waals surface area contributed by atoms with Gasteiger partial charge in [-0.05, 0) is 44.3 Å². The van der Waals surface area contributed by atoms with Crippen LogP contribution in [-0.2, 0) is 0 Å². The highest BCUT2D eigenvalue weighted by Gasteiger charge is 2.21. The summed E-state index contributed by atoms with van der Waals surface area (Å²) in [6.07, 6.45) is 4.00. The fourth-order valence-electron chi connectivity index (χ4n) is 2.08. The average molecular weight is 235 g/mol. The van der Waals surface area contributed by atoms with Crippen LogP contribution in [0.1, 0.15) is 23.2 Å². The van der Waals surface area contributed by atoms with E-state index < -0.39 is 0 Å². The summed E-state index contributed by atoms with van der Waals surface area (Å²) in [5.74, 6) is 0.538. The van der Waals surface area contributed by atoms with Crippen molar-refractivity contribution in [3.8, 4) is 0 Å². The minimum absolute atomic E-state index is 0.223. The molecule has 0 saturated carbocycles. The molecule has 0 bridgehead atoms. The highest BCUT2D eigenvalue weighted by atomic mass is 32.2. The summed E-state index contributed by atoms with van der Waals surface area (Å²) >= 11 is 1.70.